The lowest BCUT2D eigenvalue weighted by atomic mass is 9.78. The minimum absolute atomic E-state index is 0.00479. The average molecular weight is 445 g/mol. The minimum atomic E-state index is -4.60. The van der Waals surface area contributed by atoms with Crippen molar-refractivity contribution in [3.8, 4) is 11.3 Å². The first-order valence-corrected chi connectivity index (χ1v) is 10.0. The number of hydrogen-bond donors (Lipinski definition) is 1. The molecule has 4 nitrogen and oxygen atoms in total. The maximum absolute atomic E-state index is 14.0. The van der Waals surface area contributed by atoms with Crippen molar-refractivity contribution in [1.29, 1.82) is 0 Å². The quantitative estimate of drug-likeness (QED) is 0.564. The molecule has 1 heterocycles. The van der Waals surface area contributed by atoms with E-state index in [4.69, 9.17) is 0 Å². The first-order valence-electron chi connectivity index (χ1n) is 10.0. The van der Waals surface area contributed by atoms with Crippen molar-refractivity contribution in [2.45, 2.75) is 63.6 Å². The van der Waals surface area contributed by atoms with Crippen LogP contribution in [0.4, 0.5) is 32.2 Å². The topological polar surface area (TPSA) is 46.9 Å². The molecular formula is C21H21F6N3O. The molecule has 2 saturated carbocycles. The molecule has 0 atom stereocenters. The number of anilines is 1. The second kappa shape index (κ2) is 7.27. The van der Waals surface area contributed by atoms with Gasteiger partial charge >= 0.3 is 6.18 Å². The van der Waals surface area contributed by atoms with E-state index in [0.29, 0.717) is 30.9 Å². The Balaban J connectivity index is 1.80. The maximum atomic E-state index is 14.0. The number of halogens is 6. The van der Waals surface area contributed by atoms with E-state index in [1.165, 1.54) is 12.1 Å². The summed E-state index contributed by atoms with van der Waals surface area (Å²) in [4.78, 5) is 12.7. The van der Waals surface area contributed by atoms with Gasteiger partial charge in [0.25, 0.3) is 5.92 Å². The van der Waals surface area contributed by atoms with Gasteiger partial charge in [-0.3, -0.25) is 9.48 Å². The molecule has 2 aliphatic carbocycles. The van der Waals surface area contributed by atoms with Crippen molar-refractivity contribution in [3.05, 3.63) is 35.6 Å². The van der Waals surface area contributed by atoms with Crippen molar-refractivity contribution in [2.75, 3.05) is 5.32 Å². The second-order valence-corrected chi connectivity index (χ2v) is 8.44. The Morgan fingerprint density at radius 2 is 1.77 bits per heavy atom. The maximum Gasteiger partial charge on any atom is 0.408 e. The minimum Gasteiger partial charge on any atom is -0.308 e. The molecule has 4 rings (SSSR count). The molecule has 1 aromatic heterocycles. The van der Waals surface area contributed by atoms with Gasteiger partial charge in [0.05, 0.1) is 5.69 Å². The zero-order chi connectivity index (χ0) is 22.6. The Labute approximate surface area is 174 Å². The Morgan fingerprint density at radius 1 is 1.16 bits per heavy atom. The van der Waals surface area contributed by atoms with Gasteiger partial charge in [-0.25, -0.2) is 13.2 Å². The second-order valence-electron chi connectivity index (χ2n) is 8.44. The van der Waals surface area contributed by atoms with Gasteiger partial charge in [-0.05, 0) is 55.9 Å². The van der Waals surface area contributed by atoms with E-state index < -0.39 is 35.8 Å². The van der Waals surface area contributed by atoms with Gasteiger partial charge in [0, 0.05) is 18.1 Å². The number of aromatic nitrogens is 2. The van der Waals surface area contributed by atoms with Crippen LogP contribution in [-0.4, -0.2) is 27.8 Å². The van der Waals surface area contributed by atoms with E-state index in [9.17, 15) is 31.1 Å². The SMILES string of the molecule is CC(F)(F)C1(C(=O)Nc2nn(CC(F)(F)F)c(-c3ccc(F)cc3)c2C2CCC2)CC1. The Morgan fingerprint density at radius 3 is 2.23 bits per heavy atom. The number of nitrogens with zero attached hydrogens (tertiary/aromatic N) is 2. The standard InChI is InChI=1S/C21H21F6N3O/c1-19(23,24)20(9-10-20)18(31)28-17-15(12-3-2-4-12)16(13-5-7-14(22)8-6-13)30(29-17)11-21(25,26)27/h5-8,12H,2-4,9-11H2,1H3,(H,28,29,31). The third-order valence-corrected chi connectivity index (χ3v) is 6.21. The zero-order valence-electron chi connectivity index (χ0n) is 16.7. The van der Waals surface area contributed by atoms with Crippen molar-refractivity contribution < 1.29 is 31.1 Å². The third kappa shape index (κ3) is 4.04. The van der Waals surface area contributed by atoms with E-state index >= 15 is 0 Å². The number of carbonyl (C=O) groups excluding carboxylic acids is 1. The van der Waals surface area contributed by atoms with Crippen LogP contribution in [0.25, 0.3) is 11.3 Å². The molecule has 1 aromatic carbocycles. The van der Waals surface area contributed by atoms with Gasteiger partial charge in [0.1, 0.15) is 17.8 Å². The summed E-state index contributed by atoms with van der Waals surface area (Å²) in [5.41, 5.74) is -1.06. The fourth-order valence-corrected chi connectivity index (χ4v) is 4.07. The number of rotatable bonds is 6. The largest absolute Gasteiger partial charge is 0.408 e. The summed E-state index contributed by atoms with van der Waals surface area (Å²) in [5.74, 6) is -5.06. The first kappa shape index (κ1) is 21.7. The van der Waals surface area contributed by atoms with Crippen LogP contribution in [0.3, 0.4) is 0 Å². The van der Waals surface area contributed by atoms with Gasteiger partial charge in [-0.1, -0.05) is 6.42 Å². The number of alkyl halides is 5. The number of amides is 1. The highest BCUT2D eigenvalue weighted by molar-refractivity contribution is 5.98. The zero-order valence-corrected chi connectivity index (χ0v) is 16.7. The molecule has 0 aliphatic heterocycles. The predicted molar refractivity (Wildman–Crippen MR) is 101 cm³/mol. The van der Waals surface area contributed by atoms with Crippen LogP contribution in [0.5, 0.6) is 0 Å². The van der Waals surface area contributed by atoms with Crippen molar-refractivity contribution in [3.63, 3.8) is 0 Å². The first-order chi connectivity index (χ1) is 14.4. The predicted octanol–water partition coefficient (Wildman–Crippen LogP) is 5.89. The van der Waals surface area contributed by atoms with Crippen molar-refractivity contribution >= 4 is 11.7 Å². The molecule has 168 valence electrons. The molecule has 2 aromatic rings. The lowest BCUT2D eigenvalue weighted by molar-refractivity contribution is -0.142. The van der Waals surface area contributed by atoms with Crippen LogP contribution in [0.15, 0.2) is 24.3 Å². The third-order valence-electron chi connectivity index (χ3n) is 6.21. The summed E-state index contributed by atoms with van der Waals surface area (Å²) in [6.07, 6.45) is -2.42. The van der Waals surface area contributed by atoms with E-state index in [0.717, 1.165) is 23.2 Å². The van der Waals surface area contributed by atoms with Gasteiger partial charge in [0.15, 0.2) is 5.82 Å². The van der Waals surface area contributed by atoms with Crippen LogP contribution < -0.4 is 5.32 Å². The number of benzene rings is 1. The molecular weight excluding hydrogens is 424 g/mol. The Bertz CT molecular complexity index is 982. The van der Waals surface area contributed by atoms with E-state index in [2.05, 4.69) is 10.4 Å². The Hall–Kier alpha value is -2.52. The molecule has 0 bridgehead atoms. The summed E-state index contributed by atoms with van der Waals surface area (Å²) >= 11 is 0. The van der Waals surface area contributed by atoms with Gasteiger partial charge in [0.2, 0.25) is 5.91 Å². The molecule has 31 heavy (non-hydrogen) atoms. The van der Waals surface area contributed by atoms with E-state index in [-0.39, 0.29) is 30.3 Å². The molecule has 0 unspecified atom stereocenters. The molecule has 2 aliphatic rings. The monoisotopic (exact) mass is 445 g/mol. The fraction of sp³-hybridized carbons (Fsp3) is 0.524. The van der Waals surface area contributed by atoms with E-state index in [1.54, 1.807) is 0 Å². The summed E-state index contributed by atoms with van der Waals surface area (Å²) in [5, 5.41) is 6.39. The van der Waals surface area contributed by atoms with Crippen LogP contribution in [0, 0.1) is 11.2 Å². The molecule has 2 fully saturated rings. The molecule has 0 radical (unpaired) electrons. The highest BCUT2D eigenvalue weighted by Crippen LogP contribution is 2.57. The van der Waals surface area contributed by atoms with Crippen LogP contribution in [0.2, 0.25) is 0 Å². The average Bonchev–Trinajstić information content (AvgIpc) is 3.35. The van der Waals surface area contributed by atoms with Gasteiger partial charge in [-0.15, -0.1) is 0 Å². The molecule has 0 saturated heterocycles. The molecule has 1 amide bonds. The normalized spacial score (nSPS) is 18.5. The van der Waals surface area contributed by atoms with Gasteiger partial charge < -0.3 is 5.32 Å². The molecule has 1 N–H and O–H groups in total. The van der Waals surface area contributed by atoms with Crippen LogP contribution in [-0.2, 0) is 11.3 Å². The molecule has 0 spiro atoms. The summed E-state index contributed by atoms with van der Waals surface area (Å²) in [7, 11) is 0. The fourth-order valence-electron chi connectivity index (χ4n) is 4.07. The lowest BCUT2D eigenvalue weighted by Gasteiger charge is -2.28. The number of hydrogen-bond acceptors (Lipinski definition) is 2. The van der Waals surface area contributed by atoms with Crippen LogP contribution >= 0.6 is 0 Å². The lowest BCUT2D eigenvalue weighted by Crippen LogP contribution is -2.38. The van der Waals surface area contributed by atoms with Crippen molar-refractivity contribution in [2.24, 2.45) is 5.41 Å². The highest BCUT2D eigenvalue weighted by atomic mass is 19.4. The number of nitrogens with one attached hydrogen (secondary N) is 1. The summed E-state index contributed by atoms with van der Waals surface area (Å²) < 4.78 is 81.9. The number of carbonyl (C=O) groups is 1. The Kier molecular flexibility index (Phi) is 5.09. The smallest absolute Gasteiger partial charge is 0.308 e. The highest BCUT2D eigenvalue weighted by Gasteiger charge is 2.64. The van der Waals surface area contributed by atoms with E-state index in [1.807, 2.05) is 0 Å². The van der Waals surface area contributed by atoms with Crippen LogP contribution in [0.1, 0.15) is 50.5 Å². The summed E-state index contributed by atoms with van der Waals surface area (Å²) in [6, 6.07) is 4.94. The van der Waals surface area contributed by atoms with Crippen molar-refractivity contribution in [1.82, 2.24) is 9.78 Å². The summed E-state index contributed by atoms with van der Waals surface area (Å²) in [6.45, 7) is -0.761. The molecule has 10 heteroatoms. The van der Waals surface area contributed by atoms with Gasteiger partial charge in [-0.2, -0.15) is 18.3 Å².